The van der Waals surface area contributed by atoms with E-state index in [0.29, 0.717) is 5.41 Å². The molecule has 0 N–H and O–H groups in total. The third-order valence-corrected chi connectivity index (χ3v) is 6.00. The second-order valence-corrected chi connectivity index (χ2v) is 10.1. The SMILES string of the molecule is CO[Si](C)(CC(C)(C)CC(C)(C)C)OC. The summed E-state index contributed by atoms with van der Waals surface area (Å²) < 4.78 is 11.1. The lowest BCUT2D eigenvalue weighted by Crippen LogP contribution is -2.41. The Morgan fingerprint density at radius 3 is 1.60 bits per heavy atom. The van der Waals surface area contributed by atoms with Crippen molar-refractivity contribution in [3.63, 3.8) is 0 Å². The lowest BCUT2D eigenvalue weighted by Gasteiger charge is -2.37. The van der Waals surface area contributed by atoms with E-state index >= 15 is 0 Å². The minimum absolute atomic E-state index is 0.283. The quantitative estimate of drug-likeness (QED) is 0.671. The molecule has 92 valence electrons. The second-order valence-electron chi connectivity index (χ2n) is 6.62. The molecule has 3 heteroatoms. The lowest BCUT2D eigenvalue weighted by atomic mass is 9.77. The Hall–Kier alpha value is 0.137. The van der Waals surface area contributed by atoms with Crippen molar-refractivity contribution in [1.29, 1.82) is 0 Å². The number of hydrogen-bond acceptors (Lipinski definition) is 2. The van der Waals surface area contributed by atoms with E-state index in [9.17, 15) is 0 Å². The van der Waals surface area contributed by atoms with Gasteiger partial charge in [-0.05, 0) is 29.8 Å². The van der Waals surface area contributed by atoms with E-state index in [4.69, 9.17) is 8.85 Å². The first-order valence-electron chi connectivity index (χ1n) is 5.64. The first-order valence-corrected chi connectivity index (χ1v) is 8.16. The van der Waals surface area contributed by atoms with Crippen LogP contribution in [0, 0.1) is 10.8 Å². The predicted octanol–water partition coefficient (Wildman–Crippen LogP) is 3.81. The molecule has 0 fully saturated rings. The molecular weight excluding hydrogens is 204 g/mol. The Morgan fingerprint density at radius 2 is 1.33 bits per heavy atom. The van der Waals surface area contributed by atoms with E-state index in [1.54, 1.807) is 14.2 Å². The Morgan fingerprint density at radius 1 is 0.933 bits per heavy atom. The van der Waals surface area contributed by atoms with Crippen molar-refractivity contribution in [3.05, 3.63) is 0 Å². The van der Waals surface area contributed by atoms with Gasteiger partial charge in [0.25, 0.3) is 0 Å². The minimum Gasteiger partial charge on any atom is -0.398 e. The summed E-state index contributed by atoms with van der Waals surface area (Å²) in [7, 11) is 1.60. The molecular formula is C12H28O2Si. The maximum absolute atomic E-state index is 5.55. The van der Waals surface area contributed by atoms with Crippen LogP contribution in [-0.2, 0) is 8.85 Å². The van der Waals surface area contributed by atoms with Gasteiger partial charge in [-0.1, -0.05) is 34.6 Å². The highest BCUT2D eigenvalue weighted by molar-refractivity contribution is 6.66. The van der Waals surface area contributed by atoms with Gasteiger partial charge in [-0.25, -0.2) is 0 Å². The summed E-state index contributed by atoms with van der Waals surface area (Å²) in [6.45, 7) is 13.6. The maximum atomic E-state index is 5.55. The first-order chi connectivity index (χ1) is 6.54. The van der Waals surface area contributed by atoms with Crippen LogP contribution in [0.2, 0.25) is 12.6 Å². The van der Waals surface area contributed by atoms with Crippen LogP contribution in [0.25, 0.3) is 0 Å². The van der Waals surface area contributed by atoms with Crippen LogP contribution >= 0.6 is 0 Å². The summed E-state index contributed by atoms with van der Waals surface area (Å²) in [5.41, 5.74) is 0.644. The van der Waals surface area contributed by atoms with Gasteiger partial charge >= 0.3 is 8.56 Å². The molecule has 0 atom stereocenters. The molecule has 0 aromatic heterocycles. The van der Waals surface area contributed by atoms with E-state index in [2.05, 4.69) is 41.2 Å². The fourth-order valence-corrected chi connectivity index (χ4v) is 4.91. The number of hydrogen-bond donors (Lipinski definition) is 0. The van der Waals surface area contributed by atoms with Gasteiger partial charge in [-0.2, -0.15) is 0 Å². The molecule has 0 amide bonds. The highest BCUT2D eigenvalue weighted by Gasteiger charge is 2.38. The van der Waals surface area contributed by atoms with Crippen LogP contribution in [0.1, 0.15) is 41.0 Å². The Bertz CT molecular complexity index is 190. The van der Waals surface area contributed by atoms with Crippen molar-refractivity contribution in [3.8, 4) is 0 Å². The zero-order valence-corrected chi connectivity index (χ0v) is 12.7. The average molecular weight is 232 g/mol. The summed E-state index contributed by atoms with van der Waals surface area (Å²) in [5, 5.41) is 0. The maximum Gasteiger partial charge on any atom is 0.334 e. The van der Waals surface area contributed by atoms with Gasteiger partial charge < -0.3 is 8.85 Å². The van der Waals surface area contributed by atoms with Crippen molar-refractivity contribution in [2.45, 2.75) is 53.6 Å². The lowest BCUT2D eigenvalue weighted by molar-refractivity contribution is 0.189. The largest absolute Gasteiger partial charge is 0.398 e. The van der Waals surface area contributed by atoms with Crippen LogP contribution in [0.15, 0.2) is 0 Å². The molecule has 0 saturated heterocycles. The van der Waals surface area contributed by atoms with Gasteiger partial charge in [0.1, 0.15) is 0 Å². The molecule has 2 nitrogen and oxygen atoms in total. The van der Waals surface area contributed by atoms with Crippen molar-refractivity contribution >= 4 is 8.56 Å². The topological polar surface area (TPSA) is 18.5 Å². The minimum atomic E-state index is -1.93. The van der Waals surface area contributed by atoms with Crippen LogP contribution in [0.3, 0.4) is 0 Å². The Kier molecular flexibility index (Phi) is 5.02. The van der Waals surface area contributed by atoms with Crippen molar-refractivity contribution in [1.82, 2.24) is 0 Å². The molecule has 0 aliphatic carbocycles. The number of rotatable bonds is 5. The average Bonchev–Trinajstić information content (AvgIpc) is 1.98. The van der Waals surface area contributed by atoms with Gasteiger partial charge in [-0.3, -0.25) is 0 Å². The Labute approximate surface area is 96.6 Å². The van der Waals surface area contributed by atoms with Gasteiger partial charge in [0.05, 0.1) is 0 Å². The summed E-state index contributed by atoms with van der Waals surface area (Å²) in [6, 6.07) is 1.05. The fraction of sp³-hybridized carbons (Fsp3) is 1.00. The molecule has 0 spiro atoms. The normalized spacial score (nSPS) is 14.4. The summed E-state index contributed by atoms with van der Waals surface area (Å²) in [5.74, 6) is 0. The monoisotopic (exact) mass is 232 g/mol. The zero-order valence-electron chi connectivity index (χ0n) is 11.7. The summed E-state index contributed by atoms with van der Waals surface area (Å²) in [6.07, 6.45) is 1.19. The van der Waals surface area contributed by atoms with Crippen LogP contribution in [0.5, 0.6) is 0 Å². The molecule has 0 aromatic carbocycles. The molecule has 0 bridgehead atoms. The first kappa shape index (κ1) is 15.1. The van der Waals surface area contributed by atoms with Crippen LogP contribution in [0.4, 0.5) is 0 Å². The summed E-state index contributed by atoms with van der Waals surface area (Å²) >= 11 is 0. The highest BCUT2D eigenvalue weighted by atomic mass is 28.4. The standard InChI is InChI=1S/C12H28O2Si/c1-11(2,3)9-12(4,5)10-15(8,13-6)14-7/h9-10H2,1-8H3. The van der Waals surface area contributed by atoms with E-state index in [1.807, 2.05) is 0 Å². The van der Waals surface area contributed by atoms with Crippen molar-refractivity contribution < 1.29 is 8.85 Å². The predicted molar refractivity (Wildman–Crippen MR) is 68.3 cm³/mol. The molecule has 0 aromatic rings. The highest BCUT2D eigenvalue weighted by Crippen LogP contribution is 2.39. The third kappa shape index (κ3) is 6.33. The smallest absolute Gasteiger partial charge is 0.334 e. The van der Waals surface area contributed by atoms with E-state index in [0.717, 1.165) is 6.04 Å². The molecule has 0 heterocycles. The van der Waals surface area contributed by atoms with E-state index in [-0.39, 0.29) is 5.41 Å². The van der Waals surface area contributed by atoms with Crippen molar-refractivity contribution in [2.24, 2.45) is 10.8 Å². The molecule has 0 radical (unpaired) electrons. The van der Waals surface area contributed by atoms with E-state index < -0.39 is 8.56 Å². The van der Waals surface area contributed by atoms with E-state index in [1.165, 1.54) is 6.42 Å². The molecule has 0 aliphatic rings. The zero-order chi connectivity index (χ0) is 12.3. The molecule has 0 rings (SSSR count). The molecule has 0 saturated carbocycles. The van der Waals surface area contributed by atoms with Crippen molar-refractivity contribution in [2.75, 3.05) is 14.2 Å². The van der Waals surface area contributed by atoms with Crippen LogP contribution in [-0.4, -0.2) is 22.8 Å². The van der Waals surface area contributed by atoms with Gasteiger partial charge in [0, 0.05) is 14.2 Å². The molecule has 0 aliphatic heterocycles. The second kappa shape index (κ2) is 4.98. The third-order valence-electron chi connectivity index (χ3n) is 2.67. The molecule has 15 heavy (non-hydrogen) atoms. The van der Waals surface area contributed by atoms with Gasteiger partial charge in [-0.15, -0.1) is 0 Å². The van der Waals surface area contributed by atoms with Gasteiger partial charge in [0.2, 0.25) is 0 Å². The molecule has 0 unspecified atom stereocenters. The summed E-state index contributed by atoms with van der Waals surface area (Å²) in [4.78, 5) is 0. The van der Waals surface area contributed by atoms with Crippen LogP contribution < -0.4 is 0 Å². The Balaban J connectivity index is 4.49. The van der Waals surface area contributed by atoms with Gasteiger partial charge in [0.15, 0.2) is 0 Å². The fourth-order valence-electron chi connectivity index (χ4n) is 2.60.